The van der Waals surface area contributed by atoms with Crippen molar-refractivity contribution >= 4 is 17.9 Å². The van der Waals surface area contributed by atoms with E-state index in [9.17, 15) is 14.4 Å². The molecule has 3 atom stereocenters. The number of aryl methyl sites for hydroxylation is 1. The molecule has 7 heteroatoms. The van der Waals surface area contributed by atoms with Crippen molar-refractivity contribution in [3.63, 3.8) is 0 Å². The number of nitrogens with zero attached hydrogens (tertiary/aromatic N) is 1. The highest BCUT2D eigenvalue weighted by Gasteiger charge is 2.42. The van der Waals surface area contributed by atoms with E-state index >= 15 is 0 Å². The lowest BCUT2D eigenvalue weighted by Gasteiger charge is -2.43. The summed E-state index contributed by atoms with van der Waals surface area (Å²) < 4.78 is 5.45. The Bertz CT molecular complexity index is 866. The number of carbonyl (C=O) groups excluding carboxylic acids is 3. The first-order valence-corrected chi connectivity index (χ1v) is 13.2. The van der Waals surface area contributed by atoms with Crippen LogP contribution in [0.1, 0.15) is 106 Å². The molecule has 204 valence electrons. The molecule has 1 aromatic rings. The summed E-state index contributed by atoms with van der Waals surface area (Å²) in [4.78, 5) is 42.2. The van der Waals surface area contributed by atoms with E-state index in [0.29, 0.717) is 6.42 Å². The number of alkyl carbamates (subject to hydrolysis) is 1. The maximum Gasteiger partial charge on any atom is 0.408 e. The molecule has 0 radical (unpaired) electrons. The van der Waals surface area contributed by atoms with Gasteiger partial charge in [-0.15, -0.1) is 0 Å². The van der Waals surface area contributed by atoms with E-state index in [-0.39, 0.29) is 23.8 Å². The van der Waals surface area contributed by atoms with Crippen molar-refractivity contribution in [3.8, 4) is 0 Å². The molecule has 1 aromatic carbocycles. The summed E-state index contributed by atoms with van der Waals surface area (Å²) in [6.07, 6.45) is 1.54. The molecule has 36 heavy (non-hydrogen) atoms. The third-order valence-electron chi connectivity index (χ3n) is 5.67. The van der Waals surface area contributed by atoms with Crippen LogP contribution in [-0.4, -0.2) is 46.0 Å². The first-order valence-electron chi connectivity index (χ1n) is 13.2. The highest BCUT2D eigenvalue weighted by Crippen LogP contribution is 2.31. The van der Waals surface area contributed by atoms with Gasteiger partial charge in [-0.25, -0.2) is 4.79 Å². The predicted octanol–water partition coefficient (Wildman–Crippen LogP) is 5.91. The van der Waals surface area contributed by atoms with Crippen molar-refractivity contribution in [2.24, 2.45) is 5.92 Å². The Morgan fingerprint density at radius 2 is 1.50 bits per heavy atom. The standard InChI is InChI=1S/C29H49N3O4/c1-12-13-21(5)30-25(33)24(22-16-14-20(4)15-17-22)32(28(6,7)8)26(34)23(18-19(2)3)31-27(35)36-29(9,10)11/h14-17,19,21,23-24H,12-13,18H2,1-11H3,(H,30,33)(H,31,35). The zero-order valence-electron chi connectivity index (χ0n) is 24.3. The van der Waals surface area contributed by atoms with Crippen molar-refractivity contribution in [1.82, 2.24) is 15.5 Å². The minimum Gasteiger partial charge on any atom is -0.444 e. The Labute approximate surface area is 218 Å². The second-order valence-electron chi connectivity index (χ2n) is 12.2. The molecule has 0 spiro atoms. The smallest absolute Gasteiger partial charge is 0.408 e. The highest BCUT2D eigenvalue weighted by molar-refractivity contribution is 5.92. The first-order chi connectivity index (χ1) is 16.5. The Balaban J connectivity index is 3.54. The van der Waals surface area contributed by atoms with Crippen LogP contribution in [0.25, 0.3) is 0 Å². The number of amides is 3. The van der Waals surface area contributed by atoms with Gasteiger partial charge in [0.1, 0.15) is 17.7 Å². The molecule has 0 fully saturated rings. The second-order valence-corrected chi connectivity index (χ2v) is 12.2. The Morgan fingerprint density at radius 3 is 1.94 bits per heavy atom. The third kappa shape index (κ3) is 10.2. The molecular weight excluding hydrogens is 454 g/mol. The predicted molar refractivity (Wildman–Crippen MR) is 146 cm³/mol. The molecule has 7 nitrogen and oxygen atoms in total. The number of hydrogen-bond acceptors (Lipinski definition) is 4. The van der Waals surface area contributed by atoms with E-state index in [4.69, 9.17) is 4.74 Å². The molecule has 3 unspecified atom stereocenters. The molecule has 0 saturated carbocycles. The van der Waals surface area contributed by atoms with Crippen LogP contribution >= 0.6 is 0 Å². The minimum atomic E-state index is -0.854. The van der Waals surface area contributed by atoms with Crippen LogP contribution in [0, 0.1) is 12.8 Å². The zero-order chi connectivity index (χ0) is 27.8. The molecule has 3 amide bonds. The van der Waals surface area contributed by atoms with Crippen molar-refractivity contribution in [1.29, 1.82) is 0 Å². The van der Waals surface area contributed by atoms with Crippen molar-refractivity contribution in [2.75, 3.05) is 0 Å². The number of carbonyl (C=O) groups is 3. The van der Waals surface area contributed by atoms with Gasteiger partial charge in [-0.3, -0.25) is 9.59 Å². The summed E-state index contributed by atoms with van der Waals surface area (Å²) >= 11 is 0. The second kappa shape index (κ2) is 13.1. The SMILES string of the molecule is CCCC(C)NC(=O)C(c1ccc(C)cc1)N(C(=O)C(CC(C)C)NC(=O)OC(C)(C)C)C(C)(C)C. The van der Waals surface area contributed by atoms with Crippen LogP contribution in [0.3, 0.4) is 0 Å². The van der Waals surface area contributed by atoms with Gasteiger partial charge in [0.05, 0.1) is 0 Å². The number of rotatable bonds is 10. The van der Waals surface area contributed by atoms with E-state index in [1.807, 2.05) is 72.7 Å². The van der Waals surface area contributed by atoms with Crippen LogP contribution in [-0.2, 0) is 14.3 Å². The number of ether oxygens (including phenoxy) is 1. The Kier molecular flexibility index (Phi) is 11.5. The van der Waals surface area contributed by atoms with Crippen molar-refractivity contribution in [3.05, 3.63) is 35.4 Å². The van der Waals surface area contributed by atoms with Gasteiger partial charge in [0.15, 0.2) is 0 Å². The normalized spacial score (nSPS) is 14.6. The van der Waals surface area contributed by atoms with E-state index in [2.05, 4.69) is 17.6 Å². The average molecular weight is 504 g/mol. The molecule has 0 aliphatic rings. The summed E-state index contributed by atoms with van der Waals surface area (Å²) in [7, 11) is 0. The van der Waals surface area contributed by atoms with Crippen LogP contribution in [0.2, 0.25) is 0 Å². The molecule has 0 aromatic heterocycles. The Hall–Kier alpha value is -2.57. The van der Waals surface area contributed by atoms with Crippen molar-refractivity contribution in [2.45, 2.75) is 125 Å². The van der Waals surface area contributed by atoms with E-state index in [1.165, 1.54) is 0 Å². The molecule has 1 rings (SSSR count). The maximum atomic E-state index is 14.2. The van der Waals surface area contributed by atoms with E-state index < -0.39 is 29.3 Å². The van der Waals surface area contributed by atoms with Crippen LogP contribution in [0.15, 0.2) is 24.3 Å². The van der Waals surface area contributed by atoms with Crippen LogP contribution in [0.5, 0.6) is 0 Å². The monoisotopic (exact) mass is 503 g/mol. The molecular formula is C29H49N3O4. The van der Waals surface area contributed by atoms with Gasteiger partial charge in [0.2, 0.25) is 11.8 Å². The average Bonchev–Trinajstić information content (AvgIpc) is 2.69. The molecule has 0 saturated heterocycles. The van der Waals surface area contributed by atoms with Gasteiger partial charge in [-0.1, -0.05) is 57.0 Å². The van der Waals surface area contributed by atoms with E-state index in [1.54, 1.807) is 25.7 Å². The highest BCUT2D eigenvalue weighted by atomic mass is 16.6. The summed E-state index contributed by atoms with van der Waals surface area (Å²) in [6.45, 7) is 21.1. The lowest BCUT2D eigenvalue weighted by Crippen LogP contribution is -2.59. The van der Waals surface area contributed by atoms with Gasteiger partial charge in [0.25, 0.3) is 0 Å². The van der Waals surface area contributed by atoms with Crippen LogP contribution < -0.4 is 10.6 Å². The number of nitrogens with one attached hydrogen (secondary N) is 2. The molecule has 0 heterocycles. The minimum absolute atomic E-state index is 0.0290. The van der Waals surface area contributed by atoms with Crippen LogP contribution in [0.4, 0.5) is 4.79 Å². The fraction of sp³-hybridized carbons (Fsp3) is 0.690. The van der Waals surface area contributed by atoms with Gasteiger partial charge in [0, 0.05) is 11.6 Å². The lowest BCUT2D eigenvalue weighted by atomic mass is 9.93. The Morgan fingerprint density at radius 1 is 0.944 bits per heavy atom. The van der Waals surface area contributed by atoms with Gasteiger partial charge in [-0.2, -0.15) is 0 Å². The summed E-state index contributed by atoms with van der Waals surface area (Å²) in [5.74, 6) is -0.415. The largest absolute Gasteiger partial charge is 0.444 e. The van der Waals surface area contributed by atoms with Gasteiger partial charge >= 0.3 is 6.09 Å². The fourth-order valence-electron chi connectivity index (χ4n) is 4.15. The third-order valence-corrected chi connectivity index (χ3v) is 5.67. The molecule has 0 aliphatic carbocycles. The fourth-order valence-corrected chi connectivity index (χ4v) is 4.15. The quantitative estimate of drug-likeness (QED) is 0.416. The van der Waals surface area contributed by atoms with Gasteiger partial charge in [-0.05, 0) is 79.7 Å². The summed E-state index contributed by atoms with van der Waals surface area (Å²) in [5, 5.41) is 5.90. The number of hydrogen-bond donors (Lipinski definition) is 2. The topological polar surface area (TPSA) is 87.7 Å². The molecule has 0 bridgehead atoms. The summed E-state index contributed by atoms with van der Waals surface area (Å²) in [6, 6.07) is 5.96. The number of benzene rings is 1. The molecule has 0 aliphatic heterocycles. The van der Waals surface area contributed by atoms with Crippen molar-refractivity contribution < 1.29 is 19.1 Å². The lowest BCUT2D eigenvalue weighted by molar-refractivity contribution is -0.149. The van der Waals surface area contributed by atoms with Gasteiger partial charge < -0.3 is 20.3 Å². The maximum absolute atomic E-state index is 14.2. The summed E-state index contributed by atoms with van der Waals surface area (Å²) in [5.41, 5.74) is 0.391. The van der Waals surface area contributed by atoms with E-state index in [0.717, 1.165) is 24.0 Å². The zero-order valence-corrected chi connectivity index (χ0v) is 24.3. The molecule has 2 N–H and O–H groups in total. The first kappa shape index (κ1) is 31.5.